The number of aromatic nitrogens is 2. The Balaban J connectivity index is 1.88. The monoisotopic (exact) mass is 409 g/mol. The summed E-state index contributed by atoms with van der Waals surface area (Å²) >= 11 is 0. The summed E-state index contributed by atoms with van der Waals surface area (Å²) in [7, 11) is 0. The summed E-state index contributed by atoms with van der Waals surface area (Å²) in [5.74, 6) is 0.525. The van der Waals surface area contributed by atoms with Gasteiger partial charge in [0.2, 0.25) is 11.8 Å². The van der Waals surface area contributed by atoms with Crippen molar-refractivity contribution in [3.8, 4) is 11.6 Å². The van der Waals surface area contributed by atoms with Crippen LogP contribution in [0, 0.1) is 0 Å². The first-order valence-corrected chi connectivity index (χ1v) is 10.0. The maximum atomic E-state index is 13.4. The topological polar surface area (TPSA) is 47.5 Å². The second-order valence-electron chi connectivity index (χ2n) is 7.00. The number of nitrogens with zero attached hydrogens (tertiary/aromatic N) is 3. The molecule has 158 valence electrons. The van der Waals surface area contributed by atoms with Crippen molar-refractivity contribution in [3.05, 3.63) is 36.0 Å². The van der Waals surface area contributed by atoms with Crippen molar-refractivity contribution in [2.45, 2.75) is 58.2 Å². The van der Waals surface area contributed by atoms with Crippen LogP contribution in [-0.2, 0) is 6.18 Å². The minimum Gasteiger partial charge on any atom is -0.494 e. The van der Waals surface area contributed by atoms with Gasteiger partial charge in [0.05, 0.1) is 6.61 Å². The van der Waals surface area contributed by atoms with Crippen molar-refractivity contribution in [1.29, 1.82) is 0 Å². The molecule has 1 aromatic heterocycles. The molecular formula is C21H26F3N3O2. The molecule has 0 unspecified atom stereocenters. The third-order valence-corrected chi connectivity index (χ3v) is 4.81. The van der Waals surface area contributed by atoms with Crippen LogP contribution >= 0.6 is 0 Å². The summed E-state index contributed by atoms with van der Waals surface area (Å²) in [4.78, 5) is 9.89. The zero-order valence-corrected chi connectivity index (χ0v) is 16.7. The molecule has 0 N–H and O–H groups in total. The minimum absolute atomic E-state index is 0.177. The SMILES string of the molecule is CCCOc1ccc(N(CC)c2ncc(C(F)(F)F)c(OC3CCCC3)n2)cc1. The van der Waals surface area contributed by atoms with Crippen molar-refractivity contribution in [2.75, 3.05) is 18.1 Å². The molecule has 5 nitrogen and oxygen atoms in total. The second-order valence-corrected chi connectivity index (χ2v) is 7.00. The van der Waals surface area contributed by atoms with E-state index in [1.807, 2.05) is 38.1 Å². The molecule has 0 atom stereocenters. The van der Waals surface area contributed by atoms with Gasteiger partial charge in [-0.3, -0.25) is 0 Å². The molecule has 29 heavy (non-hydrogen) atoms. The van der Waals surface area contributed by atoms with Gasteiger partial charge in [-0.2, -0.15) is 18.2 Å². The van der Waals surface area contributed by atoms with Gasteiger partial charge in [-0.25, -0.2) is 4.98 Å². The van der Waals surface area contributed by atoms with Gasteiger partial charge in [0.15, 0.2) is 0 Å². The van der Waals surface area contributed by atoms with Crippen molar-refractivity contribution in [2.24, 2.45) is 0 Å². The van der Waals surface area contributed by atoms with Crippen LogP contribution in [0.1, 0.15) is 51.5 Å². The first kappa shape index (κ1) is 21.2. The Labute approximate surface area is 168 Å². The molecule has 1 fully saturated rings. The van der Waals surface area contributed by atoms with Crippen LogP contribution in [0.2, 0.25) is 0 Å². The van der Waals surface area contributed by atoms with Gasteiger partial charge >= 0.3 is 6.18 Å². The van der Waals surface area contributed by atoms with Gasteiger partial charge < -0.3 is 14.4 Å². The molecule has 3 rings (SSSR count). The van der Waals surface area contributed by atoms with E-state index in [1.165, 1.54) is 0 Å². The average molecular weight is 409 g/mol. The number of hydrogen-bond donors (Lipinski definition) is 0. The number of rotatable bonds is 8. The van der Waals surface area contributed by atoms with Gasteiger partial charge in [0.25, 0.3) is 0 Å². The maximum absolute atomic E-state index is 13.4. The Morgan fingerprint density at radius 3 is 2.38 bits per heavy atom. The summed E-state index contributed by atoms with van der Waals surface area (Å²) < 4.78 is 51.5. The van der Waals surface area contributed by atoms with Gasteiger partial charge in [-0.05, 0) is 63.3 Å². The Morgan fingerprint density at radius 2 is 1.79 bits per heavy atom. The normalized spacial score (nSPS) is 14.8. The molecule has 0 saturated heterocycles. The lowest BCUT2D eigenvalue weighted by Crippen LogP contribution is -2.22. The van der Waals surface area contributed by atoms with E-state index < -0.39 is 17.6 Å². The Morgan fingerprint density at radius 1 is 1.10 bits per heavy atom. The molecule has 0 amide bonds. The predicted molar refractivity (Wildman–Crippen MR) is 105 cm³/mol. The van der Waals surface area contributed by atoms with Crippen molar-refractivity contribution in [1.82, 2.24) is 9.97 Å². The molecule has 8 heteroatoms. The lowest BCUT2D eigenvalue weighted by molar-refractivity contribution is -0.139. The molecule has 0 bridgehead atoms. The molecule has 2 aromatic rings. The highest BCUT2D eigenvalue weighted by Gasteiger charge is 2.37. The first-order chi connectivity index (χ1) is 13.9. The fraction of sp³-hybridized carbons (Fsp3) is 0.524. The summed E-state index contributed by atoms with van der Waals surface area (Å²) in [5.41, 5.74) is -0.171. The molecule has 0 spiro atoms. The average Bonchev–Trinajstić information content (AvgIpc) is 3.20. The van der Waals surface area contributed by atoms with Crippen LogP contribution in [-0.4, -0.2) is 29.2 Å². The number of anilines is 2. The number of alkyl halides is 3. The van der Waals surface area contributed by atoms with Crippen molar-refractivity contribution < 1.29 is 22.6 Å². The van der Waals surface area contributed by atoms with Crippen LogP contribution in [0.4, 0.5) is 24.8 Å². The Hall–Kier alpha value is -2.51. The zero-order chi connectivity index (χ0) is 20.9. The van der Waals surface area contributed by atoms with Crippen LogP contribution in [0.25, 0.3) is 0 Å². The summed E-state index contributed by atoms with van der Waals surface area (Å²) in [6.45, 7) is 5.03. The predicted octanol–water partition coefficient (Wildman–Crippen LogP) is 5.76. The summed E-state index contributed by atoms with van der Waals surface area (Å²) in [6.07, 6.45) is 0.321. The Bertz CT molecular complexity index is 791. The van der Waals surface area contributed by atoms with Crippen LogP contribution in [0.5, 0.6) is 11.6 Å². The third kappa shape index (κ3) is 5.31. The minimum atomic E-state index is -4.57. The van der Waals surface area contributed by atoms with E-state index in [0.29, 0.717) is 13.2 Å². The molecule has 1 heterocycles. The molecule has 0 aliphatic heterocycles. The van der Waals surface area contributed by atoms with E-state index in [1.54, 1.807) is 4.90 Å². The van der Waals surface area contributed by atoms with Crippen LogP contribution in [0.3, 0.4) is 0 Å². The maximum Gasteiger partial charge on any atom is 0.423 e. The van der Waals surface area contributed by atoms with E-state index in [4.69, 9.17) is 9.47 Å². The highest BCUT2D eigenvalue weighted by atomic mass is 19.4. The van der Waals surface area contributed by atoms with Crippen LogP contribution in [0.15, 0.2) is 30.5 Å². The zero-order valence-electron chi connectivity index (χ0n) is 16.7. The van der Waals surface area contributed by atoms with Crippen LogP contribution < -0.4 is 14.4 Å². The number of benzene rings is 1. The number of halogens is 3. The fourth-order valence-corrected chi connectivity index (χ4v) is 3.32. The molecular weight excluding hydrogens is 383 g/mol. The number of ether oxygens (including phenoxy) is 2. The molecule has 0 radical (unpaired) electrons. The summed E-state index contributed by atoms with van der Waals surface area (Å²) in [5, 5.41) is 0. The lowest BCUT2D eigenvalue weighted by Gasteiger charge is -2.23. The third-order valence-electron chi connectivity index (χ3n) is 4.81. The smallest absolute Gasteiger partial charge is 0.423 e. The molecule has 1 aromatic carbocycles. The quantitative estimate of drug-likeness (QED) is 0.554. The van der Waals surface area contributed by atoms with E-state index in [2.05, 4.69) is 9.97 Å². The number of hydrogen-bond acceptors (Lipinski definition) is 5. The van der Waals surface area contributed by atoms with Crippen molar-refractivity contribution >= 4 is 11.6 Å². The molecule has 1 aliphatic rings. The highest BCUT2D eigenvalue weighted by molar-refractivity contribution is 5.58. The largest absolute Gasteiger partial charge is 0.494 e. The molecule has 1 saturated carbocycles. The first-order valence-electron chi connectivity index (χ1n) is 10.0. The van der Waals surface area contributed by atoms with E-state index in [0.717, 1.165) is 49.7 Å². The van der Waals surface area contributed by atoms with Gasteiger partial charge in [-0.15, -0.1) is 0 Å². The van der Waals surface area contributed by atoms with Crippen molar-refractivity contribution in [3.63, 3.8) is 0 Å². The van der Waals surface area contributed by atoms with Gasteiger partial charge in [0, 0.05) is 18.4 Å². The Kier molecular flexibility index (Phi) is 6.82. The fourth-order valence-electron chi connectivity index (χ4n) is 3.32. The van der Waals surface area contributed by atoms with Gasteiger partial charge in [-0.1, -0.05) is 6.92 Å². The van der Waals surface area contributed by atoms with E-state index in [9.17, 15) is 13.2 Å². The summed E-state index contributed by atoms with van der Waals surface area (Å²) in [6, 6.07) is 7.33. The van der Waals surface area contributed by atoms with E-state index >= 15 is 0 Å². The van der Waals surface area contributed by atoms with Gasteiger partial charge in [0.1, 0.15) is 17.4 Å². The second kappa shape index (κ2) is 9.33. The lowest BCUT2D eigenvalue weighted by atomic mass is 10.2. The standard InChI is InChI=1S/C21H26F3N3O2/c1-3-13-28-16-11-9-15(10-12-16)27(4-2)20-25-14-18(21(22,23)24)19(26-20)29-17-7-5-6-8-17/h9-12,14,17H,3-8,13H2,1-2H3. The van der Waals surface area contributed by atoms with E-state index in [-0.39, 0.29) is 12.1 Å². The molecule has 1 aliphatic carbocycles. The highest BCUT2D eigenvalue weighted by Crippen LogP contribution is 2.38.